The van der Waals surface area contributed by atoms with E-state index < -0.39 is 0 Å². The summed E-state index contributed by atoms with van der Waals surface area (Å²) in [4.78, 5) is 19.2. The minimum atomic E-state index is -0.0334. The zero-order chi connectivity index (χ0) is 16.8. The quantitative estimate of drug-likeness (QED) is 0.837. The van der Waals surface area contributed by atoms with Gasteiger partial charge >= 0.3 is 0 Å². The molecule has 1 aromatic carbocycles. The second-order valence-electron chi connectivity index (χ2n) is 5.97. The van der Waals surface area contributed by atoms with Crippen LogP contribution >= 0.6 is 11.3 Å². The van der Waals surface area contributed by atoms with Crippen LogP contribution in [0.3, 0.4) is 0 Å². The number of benzene rings is 1. The molecule has 2 heterocycles. The number of hydrogen-bond donors (Lipinski definition) is 1. The largest absolute Gasteiger partial charge is 0.376 e. The first kappa shape index (κ1) is 17.1. The number of carbonyl (C=O) groups is 1. The Hall–Kier alpha value is -1.76. The summed E-state index contributed by atoms with van der Waals surface area (Å²) < 4.78 is 5.72. The van der Waals surface area contributed by atoms with Crippen LogP contribution in [0.15, 0.2) is 35.7 Å². The molecule has 0 spiro atoms. The molecule has 0 aliphatic carbocycles. The summed E-state index contributed by atoms with van der Waals surface area (Å²) in [5.74, 6) is -0.0334. The van der Waals surface area contributed by atoms with E-state index in [1.54, 1.807) is 0 Å². The van der Waals surface area contributed by atoms with Gasteiger partial charge in [0.2, 0.25) is 0 Å². The Balaban J connectivity index is 1.75. The fourth-order valence-corrected chi connectivity index (χ4v) is 3.65. The normalized spacial score (nSPS) is 17.1. The van der Waals surface area contributed by atoms with Crippen molar-refractivity contribution in [1.29, 1.82) is 0 Å². The Morgan fingerprint density at radius 1 is 1.38 bits per heavy atom. The third kappa shape index (κ3) is 4.41. The standard InChI is InChI=1S/C18H23N3O2S/c19-9-8-17-20-16(13-24-17)18(22)21(12-15-7-4-10-23-15)11-14-5-2-1-3-6-14/h1-3,5-6,13,15H,4,7-12,19H2. The lowest BCUT2D eigenvalue weighted by Gasteiger charge is -2.25. The zero-order valence-electron chi connectivity index (χ0n) is 13.7. The molecule has 1 saturated heterocycles. The van der Waals surface area contributed by atoms with E-state index in [4.69, 9.17) is 10.5 Å². The Kier molecular flexibility index (Phi) is 5.96. The van der Waals surface area contributed by atoms with E-state index in [1.807, 2.05) is 40.6 Å². The van der Waals surface area contributed by atoms with Crippen molar-refractivity contribution in [2.45, 2.75) is 31.9 Å². The van der Waals surface area contributed by atoms with Crippen molar-refractivity contribution in [3.63, 3.8) is 0 Å². The minimum Gasteiger partial charge on any atom is -0.376 e. The predicted octanol–water partition coefficient (Wildman–Crippen LogP) is 2.47. The maximum Gasteiger partial charge on any atom is 0.273 e. The molecule has 1 fully saturated rings. The van der Waals surface area contributed by atoms with Crippen LogP contribution in [0.5, 0.6) is 0 Å². The molecule has 2 aromatic rings. The van der Waals surface area contributed by atoms with Crippen LogP contribution in [0.1, 0.15) is 33.9 Å². The summed E-state index contributed by atoms with van der Waals surface area (Å²) in [7, 11) is 0. The highest BCUT2D eigenvalue weighted by Crippen LogP contribution is 2.18. The molecule has 1 aliphatic heterocycles. The van der Waals surface area contributed by atoms with Gasteiger partial charge in [0.05, 0.1) is 11.1 Å². The van der Waals surface area contributed by atoms with Gasteiger partial charge in [-0.05, 0) is 24.9 Å². The first-order valence-electron chi connectivity index (χ1n) is 8.35. The lowest BCUT2D eigenvalue weighted by atomic mass is 10.1. The summed E-state index contributed by atoms with van der Waals surface area (Å²) >= 11 is 1.50. The lowest BCUT2D eigenvalue weighted by Crippen LogP contribution is -2.37. The number of ether oxygens (including phenoxy) is 1. The number of hydrogen-bond acceptors (Lipinski definition) is 5. The minimum absolute atomic E-state index is 0.0334. The molecule has 0 radical (unpaired) electrons. The smallest absolute Gasteiger partial charge is 0.273 e. The van der Waals surface area contributed by atoms with Crippen LogP contribution in [-0.4, -0.2) is 41.6 Å². The van der Waals surface area contributed by atoms with E-state index in [-0.39, 0.29) is 12.0 Å². The van der Waals surface area contributed by atoms with E-state index in [0.29, 0.717) is 31.7 Å². The Labute approximate surface area is 146 Å². The van der Waals surface area contributed by atoms with E-state index in [0.717, 1.165) is 30.0 Å². The van der Waals surface area contributed by atoms with Crippen LogP contribution < -0.4 is 5.73 Å². The number of aromatic nitrogens is 1. The molecule has 3 rings (SSSR count). The molecule has 6 heteroatoms. The molecule has 1 atom stereocenters. The van der Waals surface area contributed by atoms with Crippen LogP contribution in [0, 0.1) is 0 Å². The molecule has 0 bridgehead atoms. The summed E-state index contributed by atoms with van der Waals surface area (Å²) in [6, 6.07) is 10.0. The molecule has 128 valence electrons. The topological polar surface area (TPSA) is 68.5 Å². The number of nitrogens with two attached hydrogens (primary N) is 1. The third-order valence-electron chi connectivity index (χ3n) is 4.08. The van der Waals surface area contributed by atoms with Crippen molar-refractivity contribution < 1.29 is 9.53 Å². The number of amides is 1. The van der Waals surface area contributed by atoms with Crippen molar-refractivity contribution in [3.05, 3.63) is 52.0 Å². The van der Waals surface area contributed by atoms with E-state index >= 15 is 0 Å². The van der Waals surface area contributed by atoms with Gasteiger partial charge in [-0.25, -0.2) is 4.98 Å². The van der Waals surface area contributed by atoms with Gasteiger partial charge in [0.25, 0.3) is 5.91 Å². The average molecular weight is 345 g/mol. The van der Waals surface area contributed by atoms with Crippen molar-refractivity contribution >= 4 is 17.2 Å². The van der Waals surface area contributed by atoms with Crippen molar-refractivity contribution in [1.82, 2.24) is 9.88 Å². The maximum absolute atomic E-state index is 12.9. The first-order valence-corrected chi connectivity index (χ1v) is 9.23. The second-order valence-corrected chi connectivity index (χ2v) is 6.91. The summed E-state index contributed by atoms with van der Waals surface area (Å²) in [6.45, 7) is 2.51. The average Bonchev–Trinajstić information content (AvgIpc) is 3.27. The molecule has 1 aromatic heterocycles. The Bertz CT molecular complexity index is 653. The van der Waals surface area contributed by atoms with Gasteiger partial charge in [-0.2, -0.15) is 0 Å². The second kappa shape index (κ2) is 8.37. The SMILES string of the molecule is NCCc1nc(C(=O)N(Cc2ccccc2)CC2CCCO2)cs1. The fraction of sp³-hybridized carbons (Fsp3) is 0.444. The van der Waals surface area contributed by atoms with E-state index in [2.05, 4.69) is 4.98 Å². The van der Waals surface area contributed by atoms with Gasteiger partial charge in [0, 0.05) is 31.5 Å². The molecule has 1 amide bonds. The maximum atomic E-state index is 12.9. The molecule has 24 heavy (non-hydrogen) atoms. The van der Waals surface area contributed by atoms with Gasteiger partial charge in [0.1, 0.15) is 5.69 Å². The highest BCUT2D eigenvalue weighted by Gasteiger charge is 2.25. The van der Waals surface area contributed by atoms with Crippen molar-refractivity contribution in [2.75, 3.05) is 19.7 Å². The third-order valence-corrected chi connectivity index (χ3v) is 4.99. The van der Waals surface area contributed by atoms with Crippen LogP contribution in [0.4, 0.5) is 0 Å². The summed E-state index contributed by atoms with van der Waals surface area (Å²) in [6.07, 6.45) is 2.91. The first-order chi connectivity index (χ1) is 11.8. The van der Waals surface area contributed by atoms with Crippen LogP contribution in [0.25, 0.3) is 0 Å². The zero-order valence-corrected chi connectivity index (χ0v) is 14.5. The van der Waals surface area contributed by atoms with Gasteiger partial charge < -0.3 is 15.4 Å². The number of carbonyl (C=O) groups excluding carboxylic acids is 1. The fourth-order valence-electron chi connectivity index (χ4n) is 2.87. The van der Waals surface area contributed by atoms with Crippen molar-refractivity contribution in [2.24, 2.45) is 5.73 Å². The number of thiazole rings is 1. The van der Waals surface area contributed by atoms with Crippen molar-refractivity contribution in [3.8, 4) is 0 Å². The van der Waals surface area contributed by atoms with Gasteiger partial charge in [-0.1, -0.05) is 30.3 Å². The monoisotopic (exact) mass is 345 g/mol. The van der Waals surface area contributed by atoms with Crippen LogP contribution in [-0.2, 0) is 17.7 Å². The van der Waals surface area contributed by atoms with Gasteiger partial charge in [-0.3, -0.25) is 4.79 Å². The van der Waals surface area contributed by atoms with Gasteiger partial charge in [-0.15, -0.1) is 11.3 Å². The molecule has 5 nitrogen and oxygen atoms in total. The summed E-state index contributed by atoms with van der Waals surface area (Å²) in [5.41, 5.74) is 7.20. The number of nitrogens with zero attached hydrogens (tertiary/aromatic N) is 2. The van der Waals surface area contributed by atoms with E-state index in [1.165, 1.54) is 11.3 Å². The predicted molar refractivity (Wildman–Crippen MR) is 95.0 cm³/mol. The lowest BCUT2D eigenvalue weighted by molar-refractivity contribution is 0.0503. The molecular weight excluding hydrogens is 322 g/mol. The molecule has 2 N–H and O–H groups in total. The number of rotatable bonds is 7. The van der Waals surface area contributed by atoms with E-state index in [9.17, 15) is 4.79 Å². The van der Waals surface area contributed by atoms with Crippen LogP contribution in [0.2, 0.25) is 0 Å². The molecule has 0 saturated carbocycles. The molecule has 1 unspecified atom stereocenters. The van der Waals surface area contributed by atoms with Gasteiger partial charge in [0.15, 0.2) is 0 Å². The Morgan fingerprint density at radius 2 is 2.21 bits per heavy atom. The Morgan fingerprint density at radius 3 is 2.92 bits per heavy atom. The molecular formula is C18H23N3O2S. The molecule has 1 aliphatic rings. The highest BCUT2D eigenvalue weighted by molar-refractivity contribution is 7.09. The summed E-state index contributed by atoms with van der Waals surface area (Å²) in [5, 5.41) is 2.75. The highest BCUT2D eigenvalue weighted by atomic mass is 32.1.